The summed E-state index contributed by atoms with van der Waals surface area (Å²) in [6.07, 6.45) is 0.332. The summed E-state index contributed by atoms with van der Waals surface area (Å²) in [5, 5.41) is 12.3. The SMILES string of the molecule is N#CCc1cc(S)c2sccc2c1Cl. The minimum atomic E-state index is 0.332. The van der Waals surface area contributed by atoms with Gasteiger partial charge in [0.2, 0.25) is 0 Å². The van der Waals surface area contributed by atoms with E-state index in [4.69, 9.17) is 16.9 Å². The number of nitrogens with zero attached hydrogens (tertiary/aromatic N) is 1. The van der Waals surface area contributed by atoms with Crippen LogP contribution in [0.1, 0.15) is 5.56 Å². The van der Waals surface area contributed by atoms with Gasteiger partial charge in [-0.25, -0.2) is 0 Å². The Hall–Kier alpha value is -0.690. The highest BCUT2D eigenvalue weighted by atomic mass is 35.5. The lowest BCUT2D eigenvalue weighted by atomic mass is 10.1. The second-order valence-corrected chi connectivity index (χ2v) is 4.64. The smallest absolute Gasteiger partial charge is 0.0670 e. The Balaban J connectivity index is 2.76. The molecule has 2 aromatic rings. The van der Waals surface area contributed by atoms with Crippen LogP contribution in [0, 0.1) is 11.3 Å². The zero-order chi connectivity index (χ0) is 10.1. The fraction of sp³-hybridized carbons (Fsp3) is 0.100. The molecule has 0 bridgehead atoms. The Morgan fingerprint density at radius 1 is 1.57 bits per heavy atom. The van der Waals surface area contributed by atoms with Gasteiger partial charge in [-0.2, -0.15) is 5.26 Å². The Bertz CT molecular complexity index is 525. The van der Waals surface area contributed by atoms with Crippen molar-refractivity contribution < 1.29 is 0 Å². The molecule has 1 aromatic heterocycles. The van der Waals surface area contributed by atoms with E-state index >= 15 is 0 Å². The van der Waals surface area contributed by atoms with Crippen LogP contribution in [0.4, 0.5) is 0 Å². The normalized spacial score (nSPS) is 10.4. The van der Waals surface area contributed by atoms with E-state index in [-0.39, 0.29) is 0 Å². The van der Waals surface area contributed by atoms with Gasteiger partial charge in [0, 0.05) is 15.0 Å². The lowest BCUT2D eigenvalue weighted by Crippen LogP contribution is -1.84. The molecule has 0 aliphatic carbocycles. The van der Waals surface area contributed by atoms with Crippen LogP contribution in [0.25, 0.3) is 10.1 Å². The molecule has 2 rings (SSSR count). The van der Waals surface area contributed by atoms with Gasteiger partial charge in [-0.3, -0.25) is 0 Å². The molecule has 0 amide bonds. The predicted molar refractivity (Wildman–Crippen MR) is 63.4 cm³/mol. The summed E-state index contributed by atoms with van der Waals surface area (Å²) in [5.41, 5.74) is 0.852. The number of nitriles is 1. The van der Waals surface area contributed by atoms with Crippen LogP contribution in [-0.2, 0) is 6.42 Å². The molecule has 0 aliphatic heterocycles. The second kappa shape index (κ2) is 3.82. The average Bonchev–Trinajstić information content (AvgIpc) is 2.63. The van der Waals surface area contributed by atoms with Gasteiger partial charge in [-0.05, 0) is 23.1 Å². The molecule has 4 heteroatoms. The van der Waals surface area contributed by atoms with Crippen molar-refractivity contribution in [2.75, 3.05) is 0 Å². The Morgan fingerprint density at radius 3 is 3.07 bits per heavy atom. The quantitative estimate of drug-likeness (QED) is 0.750. The lowest BCUT2D eigenvalue weighted by molar-refractivity contribution is 1.25. The van der Waals surface area contributed by atoms with Crippen molar-refractivity contribution in [3.63, 3.8) is 0 Å². The van der Waals surface area contributed by atoms with Gasteiger partial charge in [-0.15, -0.1) is 24.0 Å². The lowest BCUT2D eigenvalue weighted by Gasteiger charge is -2.03. The molecule has 0 spiro atoms. The van der Waals surface area contributed by atoms with Crippen LogP contribution in [-0.4, -0.2) is 0 Å². The third kappa shape index (κ3) is 1.50. The van der Waals surface area contributed by atoms with E-state index in [9.17, 15) is 0 Å². The van der Waals surface area contributed by atoms with Crippen molar-refractivity contribution in [3.8, 4) is 6.07 Å². The zero-order valence-electron chi connectivity index (χ0n) is 7.12. The maximum atomic E-state index is 8.63. The highest BCUT2D eigenvalue weighted by Crippen LogP contribution is 2.35. The average molecular weight is 240 g/mol. The molecular formula is C10H6ClNS2. The molecule has 70 valence electrons. The van der Waals surface area contributed by atoms with Crippen LogP contribution < -0.4 is 0 Å². The Morgan fingerprint density at radius 2 is 2.36 bits per heavy atom. The molecule has 0 saturated carbocycles. The Labute approximate surface area is 96.3 Å². The summed E-state index contributed by atoms with van der Waals surface area (Å²) < 4.78 is 1.08. The summed E-state index contributed by atoms with van der Waals surface area (Å²) in [7, 11) is 0. The van der Waals surface area contributed by atoms with Crippen molar-refractivity contribution in [2.45, 2.75) is 11.3 Å². The van der Waals surface area contributed by atoms with Gasteiger partial charge in [-0.1, -0.05) is 11.6 Å². The van der Waals surface area contributed by atoms with E-state index in [1.807, 2.05) is 17.5 Å². The first-order chi connectivity index (χ1) is 6.74. The van der Waals surface area contributed by atoms with Crippen LogP contribution in [0.3, 0.4) is 0 Å². The summed E-state index contributed by atoms with van der Waals surface area (Å²) in [6.45, 7) is 0. The monoisotopic (exact) mass is 239 g/mol. The molecule has 0 radical (unpaired) electrons. The molecule has 0 fully saturated rings. The Kier molecular flexibility index (Phi) is 2.69. The first-order valence-corrected chi connectivity index (χ1v) is 5.69. The van der Waals surface area contributed by atoms with Crippen molar-refractivity contribution in [1.29, 1.82) is 5.26 Å². The number of thiophene rings is 1. The number of fused-ring (bicyclic) bond motifs is 1. The minimum Gasteiger partial charge on any atom is -0.198 e. The van der Waals surface area contributed by atoms with Crippen molar-refractivity contribution in [3.05, 3.63) is 28.1 Å². The van der Waals surface area contributed by atoms with E-state index < -0.39 is 0 Å². The van der Waals surface area contributed by atoms with Crippen molar-refractivity contribution in [1.82, 2.24) is 0 Å². The van der Waals surface area contributed by atoms with Crippen LogP contribution in [0.5, 0.6) is 0 Å². The van der Waals surface area contributed by atoms with E-state index in [0.717, 1.165) is 20.5 Å². The van der Waals surface area contributed by atoms with Gasteiger partial charge >= 0.3 is 0 Å². The third-order valence-electron chi connectivity index (χ3n) is 2.00. The third-order valence-corrected chi connectivity index (χ3v) is 3.89. The maximum Gasteiger partial charge on any atom is 0.0670 e. The number of hydrogen-bond donors (Lipinski definition) is 1. The van der Waals surface area contributed by atoms with E-state index in [1.54, 1.807) is 11.3 Å². The van der Waals surface area contributed by atoms with Crippen LogP contribution >= 0.6 is 35.6 Å². The molecule has 0 aliphatic rings. The van der Waals surface area contributed by atoms with Gasteiger partial charge in [0.15, 0.2) is 0 Å². The fourth-order valence-corrected chi connectivity index (χ4v) is 2.95. The summed E-state index contributed by atoms with van der Waals surface area (Å²) in [4.78, 5) is 0.893. The van der Waals surface area contributed by atoms with Gasteiger partial charge in [0.1, 0.15) is 0 Å². The molecule has 0 unspecified atom stereocenters. The van der Waals surface area contributed by atoms with E-state index in [0.29, 0.717) is 11.4 Å². The van der Waals surface area contributed by atoms with Gasteiger partial charge in [0.25, 0.3) is 0 Å². The number of benzene rings is 1. The van der Waals surface area contributed by atoms with Crippen LogP contribution in [0.15, 0.2) is 22.4 Å². The first-order valence-electron chi connectivity index (χ1n) is 3.98. The maximum absolute atomic E-state index is 8.63. The van der Waals surface area contributed by atoms with E-state index in [1.165, 1.54) is 0 Å². The predicted octanol–water partition coefficient (Wildman–Crippen LogP) is 3.91. The molecule has 14 heavy (non-hydrogen) atoms. The fourth-order valence-electron chi connectivity index (χ4n) is 1.36. The number of halogens is 1. The van der Waals surface area contributed by atoms with Crippen molar-refractivity contribution in [2.24, 2.45) is 0 Å². The first kappa shape index (κ1) is 9.85. The molecular weight excluding hydrogens is 234 g/mol. The zero-order valence-corrected chi connectivity index (χ0v) is 9.59. The largest absolute Gasteiger partial charge is 0.198 e. The molecule has 1 nitrogen and oxygen atoms in total. The molecule has 1 heterocycles. The molecule has 1 aromatic carbocycles. The standard InChI is InChI=1S/C10H6ClNS2/c11-9-6(1-3-12)5-8(13)10-7(9)2-4-14-10/h2,4-5,13H,1H2. The summed E-state index contributed by atoms with van der Waals surface area (Å²) in [5.74, 6) is 0. The number of rotatable bonds is 1. The number of hydrogen-bond acceptors (Lipinski definition) is 3. The minimum absolute atomic E-state index is 0.332. The second-order valence-electron chi connectivity index (χ2n) is 2.87. The van der Waals surface area contributed by atoms with Crippen molar-refractivity contribution >= 4 is 45.7 Å². The van der Waals surface area contributed by atoms with Gasteiger partial charge < -0.3 is 0 Å². The summed E-state index contributed by atoms with van der Waals surface area (Å²) >= 11 is 12.1. The highest BCUT2D eigenvalue weighted by Gasteiger charge is 2.09. The molecule has 0 saturated heterocycles. The molecule has 0 N–H and O–H groups in total. The summed E-state index contributed by atoms with van der Waals surface area (Å²) in [6, 6.07) is 5.92. The number of thiol groups is 1. The van der Waals surface area contributed by atoms with Gasteiger partial charge in [0.05, 0.1) is 17.5 Å². The van der Waals surface area contributed by atoms with E-state index in [2.05, 4.69) is 18.7 Å². The van der Waals surface area contributed by atoms with Crippen LogP contribution in [0.2, 0.25) is 5.02 Å². The molecule has 0 atom stereocenters. The topological polar surface area (TPSA) is 23.8 Å². The highest BCUT2D eigenvalue weighted by molar-refractivity contribution is 7.80.